The molecule has 0 bridgehead atoms. The minimum absolute atomic E-state index is 0.162. The summed E-state index contributed by atoms with van der Waals surface area (Å²) in [6.45, 7) is 14.4. The van der Waals surface area contributed by atoms with Gasteiger partial charge in [-0.05, 0) is 110 Å². The van der Waals surface area contributed by atoms with E-state index in [0.717, 1.165) is 41.4 Å². The molecule has 0 radical (unpaired) electrons. The quantitative estimate of drug-likeness (QED) is 0.462. The van der Waals surface area contributed by atoms with E-state index in [1.807, 2.05) is 0 Å². The lowest BCUT2D eigenvalue weighted by molar-refractivity contribution is -0.126. The number of rotatable bonds is 6. The monoisotopic (exact) mass is 429 g/mol. The van der Waals surface area contributed by atoms with Crippen LogP contribution in [0.1, 0.15) is 119 Å². The number of amides is 1. The summed E-state index contributed by atoms with van der Waals surface area (Å²) in [7, 11) is 0. The maximum absolute atomic E-state index is 11.6. The van der Waals surface area contributed by atoms with Gasteiger partial charge in [0.15, 0.2) is 0 Å². The highest BCUT2D eigenvalue weighted by molar-refractivity contribution is 5.73. The molecule has 4 saturated carbocycles. The first-order chi connectivity index (χ1) is 14.6. The number of carbonyl (C=O) groups is 1. The molecule has 178 valence electrons. The Kier molecular flexibility index (Phi) is 6.87. The molecule has 0 spiro atoms. The highest BCUT2D eigenvalue weighted by Crippen LogP contribution is 2.68. The molecular weight excluding hydrogens is 378 g/mol. The molecule has 2 heteroatoms. The average Bonchev–Trinajstić information content (AvgIpc) is 3.05. The molecule has 1 amide bonds. The maximum atomic E-state index is 11.6. The lowest BCUT2D eigenvalue weighted by Crippen LogP contribution is -2.55. The fourth-order valence-corrected chi connectivity index (χ4v) is 9.70. The standard InChI is InChI=1S/C29H51NO/c1-19(2)8-7-9-20(3)25-12-13-26-24-11-10-22-18-23(30-21(4)31)14-16-28(22,5)27(24)15-17-29(25,26)6/h19-20,22-27H,7-18H2,1-6H3,(H,30,31)/t20?,22-,23+,24-,25+,26-,27-,28-,29+/m0/s1. The molecule has 31 heavy (non-hydrogen) atoms. The Hall–Kier alpha value is -0.530. The second kappa shape index (κ2) is 9.02. The van der Waals surface area contributed by atoms with Crippen LogP contribution in [0.5, 0.6) is 0 Å². The van der Waals surface area contributed by atoms with Gasteiger partial charge >= 0.3 is 0 Å². The molecule has 0 aliphatic heterocycles. The van der Waals surface area contributed by atoms with Gasteiger partial charge in [0.2, 0.25) is 5.91 Å². The first-order valence-electron chi connectivity index (χ1n) is 13.9. The molecule has 1 unspecified atom stereocenters. The van der Waals surface area contributed by atoms with E-state index in [9.17, 15) is 4.79 Å². The molecule has 9 atom stereocenters. The summed E-state index contributed by atoms with van der Waals surface area (Å²) in [6, 6.07) is 0.434. The summed E-state index contributed by atoms with van der Waals surface area (Å²) in [5.74, 6) is 6.62. The van der Waals surface area contributed by atoms with Crippen LogP contribution >= 0.6 is 0 Å². The van der Waals surface area contributed by atoms with E-state index in [1.54, 1.807) is 6.92 Å². The van der Waals surface area contributed by atoms with Gasteiger partial charge in [-0.1, -0.05) is 53.9 Å². The Balaban J connectivity index is 1.43. The van der Waals surface area contributed by atoms with Crippen molar-refractivity contribution < 1.29 is 4.79 Å². The molecule has 4 fully saturated rings. The van der Waals surface area contributed by atoms with E-state index >= 15 is 0 Å². The zero-order valence-corrected chi connectivity index (χ0v) is 21.5. The highest BCUT2D eigenvalue weighted by atomic mass is 16.1. The van der Waals surface area contributed by atoms with Crippen LogP contribution in [0.3, 0.4) is 0 Å². The number of carbonyl (C=O) groups excluding carboxylic acids is 1. The van der Waals surface area contributed by atoms with Gasteiger partial charge in [0.1, 0.15) is 0 Å². The van der Waals surface area contributed by atoms with Gasteiger partial charge in [0.05, 0.1) is 0 Å². The Morgan fingerprint density at radius 2 is 1.61 bits per heavy atom. The third kappa shape index (κ3) is 4.35. The van der Waals surface area contributed by atoms with Crippen LogP contribution < -0.4 is 5.32 Å². The lowest BCUT2D eigenvalue weighted by atomic mass is 9.44. The average molecular weight is 430 g/mol. The summed E-state index contributed by atoms with van der Waals surface area (Å²) in [6.07, 6.45) is 16.9. The van der Waals surface area contributed by atoms with Gasteiger partial charge in [-0.25, -0.2) is 0 Å². The fraction of sp³-hybridized carbons (Fsp3) is 0.966. The normalized spacial score (nSPS) is 45.5. The summed E-state index contributed by atoms with van der Waals surface area (Å²) in [5.41, 5.74) is 1.13. The molecule has 0 aromatic heterocycles. The summed E-state index contributed by atoms with van der Waals surface area (Å²) >= 11 is 0. The van der Waals surface area contributed by atoms with Gasteiger partial charge in [-0.15, -0.1) is 0 Å². The molecule has 4 aliphatic carbocycles. The molecule has 0 aromatic carbocycles. The van der Waals surface area contributed by atoms with Crippen LogP contribution in [0.4, 0.5) is 0 Å². The number of fused-ring (bicyclic) bond motifs is 5. The van der Waals surface area contributed by atoms with Crippen LogP contribution in [0, 0.1) is 52.3 Å². The number of nitrogens with one attached hydrogen (secondary N) is 1. The third-order valence-corrected chi connectivity index (χ3v) is 11.3. The first-order valence-corrected chi connectivity index (χ1v) is 13.9. The van der Waals surface area contributed by atoms with Crippen LogP contribution in [-0.4, -0.2) is 11.9 Å². The minimum atomic E-state index is 0.162. The first kappa shape index (κ1) is 23.6. The lowest BCUT2D eigenvalue weighted by Gasteiger charge is -2.61. The minimum Gasteiger partial charge on any atom is -0.354 e. The Morgan fingerprint density at radius 1 is 0.903 bits per heavy atom. The van der Waals surface area contributed by atoms with E-state index in [1.165, 1.54) is 77.0 Å². The van der Waals surface area contributed by atoms with E-state index in [4.69, 9.17) is 0 Å². The van der Waals surface area contributed by atoms with Crippen LogP contribution in [0.2, 0.25) is 0 Å². The SMILES string of the molecule is CC(=O)N[C@@H]1CC[C@@]2(C)[C@@H](CC[C@@H]3[C@@H]2CC[C@]2(C)[C@@H](C(C)CCCC(C)C)CC[C@@H]32)C1. The van der Waals surface area contributed by atoms with Crippen molar-refractivity contribution in [1.29, 1.82) is 0 Å². The van der Waals surface area contributed by atoms with Crippen LogP contribution in [0.25, 0.3) is 0 Å². The highest BCUT2D eigenvalue weighted by Gasteiger charge is 2.60. The smallest absolute Gasteiger partial charge is 0.217 e. The molecular formula is C29H51NO. The second-order valence-corrected chi connectivity index (χ2v) is 13.4. The molecule has 0 saturated heterocycles. The summed E-state index contributed by atoms with van der Waals surface area (Å²) in [4.78, 5) is 11.6. The predicted octanol–water partition coefficient (Wildman–Crippen LogP) is 7.61. The predicted molar refractivity (Wildman–Crippen MR) is 131 cm³/mol. The molecule has 4 rings (SSSR count). The van der Waals surface area contributed by atoms with Crippen molar-refractivity contribution in [2.45, 2.75) is 125 Å². The molecule has 4 aliphatic rings. The van der Waals surface area contributed by atoms with Crippen molar-refractivity contribution in [3.63, 3.8) is 0 Å². The Labute approximate surface area is 193 Å². The zero-order chi connectivity index (χ0) is 22.4. The van der Waals surface area contributed by atoms with Crippen molar-refractivity contribution in [2.24, 2.45) is 52.3 Å². The van der Waals surface area contributed by atoms with Gasteiger partial charge < -0.3 is 5.32 Å². The van der Waals surface area contributed by atoms with Crippen molar-refractivity contribution in [2.75, 3.05) is 0 Å². The Bertz CT molecular complexity index is 643. The van der Waals surface area contributed by atoms with Crippen molar-refractivity contribution in [1.82, 2.24) is 5.32 Å². The van der Waals surface area contributed by atoms with E-state index in [0.29, 0.717) is 16.9 Å². The molecule has 1 N–H and O–H groups in total. The number of hydrogen-bond acceptors (Lipinski definition) is 1. The van der Waals surface area contributed by atoms with Gasteiger partial charge in [-0.2, -0.15) is 0 Å². The van der Waals surface area contributed by atoms with Gasteiger partial charge in [-0.3, -0.25) is 4.79 Å². The van der Waals surface area contributed by atoms with Gasteiger partial charge in [0, 0.05) is 13.0 Å². The van der Waals surface area contributed by atoms with Crippen LogP contribution in [0.15, 0.2) is 0 Å². The summed E-state index contributed by atoms with van der Waals surface area (Å²) < 4.78 is 0. The number of hydrogen-bond donors (Lipinski definition) is 1. The maximum Gasteiger partial charge on any atom is 0.217 e. The Morgan fingerprint density at radius 3 is 2.32 bits per heavy atom. The summed E-state index contributed by atoms with van der Waals surface area (Å²) in [5, 5.41) is 3.25. The van der Waals surface area contributed by atoms with E-state index in [-0.39, 0.29) is 5.91 Å². The topological polar surface area (TPSA) is 29.1 Å². The van der Waals surface area contributed by atoms with Crippen molar-refractivity contribution in [3.8, 4) is 0 Å². The fourth-order valence-electron chi connectivity index (χ4n) is 9.70. The molecule has 0 heterocycles. The van der Waals surface area contributed by atoms with Crippen molar-refractivity contribution in [3.05, 3.63) is 0 Å². The van der Waals surface area contributed by atoms with E-state index < -0.39 is 0 Å². The second-order valence-electron chi connectivity index (χ2n) is 13.4. The van der Waals surface area contributed by atoms with Crippen molar-refractivity contribution >= 4 is 5.91 Å². The molecule has 2 nitrogen and oxygen atoms in total. The third-order valence-electron chi connectivity index (χ3n) is 11.3. The molecule has 0 aromatic rings. The largest absolute Gasteiger partial charge is 0.354 e. The van der Waals surface area contributed by atoms with E-state index in [2.05, 4.69) is 39.9 Å². The van der Waals surface area contributed by atoms with Crippen LogP contribution in [-0.2, 0) is 4.79 Å². The zero-order valence-electron chi connectivity index (χ0n) is 21.5. The van der Waals surface area contributed by atoms with Gasteiger partial charge in [0.25, 0.3) is 0 Å².